The second-order valence-electron chi connectivity index (χ2n) is 9.16. The molecule has 0 N–H and O–H groups in total. The van der Waals surface area contributed by atoms with E-state index in [0.29, 0.717) is 12.2 Å². The van der Waals surface area contributed by atoms with Gasteiger partial charge in [0.1, 0.15) is 0 Å². The van der Waals surface area contributed by atoms with E-state index in [9.17, 15) is 8.78 Å². The van der Waals surface area contributed by atoms with Crippen LogP contribution in [0.15, 0.2) is 12.1 Å². The normalized spacial score (nSPS) is 28.3. The summed E-state index contributed by atoms with van der Waals surface area (Å²) >= 11 is 0. The lowest BCUT2D eigenvalue weighted by Gasteiger charge is -2.38. The summed E-state index contributed by atoms with van der Waals surface area (Å²) < 4.78 is 34.5. The van der Waals surface area contributed by atoms with Gasteiger partial charge >= 0.3 is 0 Å². The fourth-order valence-corrected chi connectivity index (χ4v) is 5.56. The van der Waals surface area contributed by atoms with Crippen molar-refractivity contribution < 1.29 is 13.5 Å². The Labute approximate surface area is 170 Å². The molecule has 0 aliphatic heterocycles. The summed E-state index contributed by atoms with van der Waals surface area (Å²) in [6.45, 7) is 4.79. The summed E-state index contributed by atoms with van der Waals surface area (Å²) in [5.74, 6) is 1.35. The van der Waals surface area contributed by atoms with Gasteiger partial charge in [-0.15, -0.1) is 0 Å². The van der Waals surface area contributed by atoms with Crippen molar-refractivity contribution in [2.45, 2.75) is 96.8 Å². The van der Waals surface area contributed by atoms with Crippen molar-refractivity contribution in [2.75, 3.05) is 6.61 Å². The molecule has 3 heteroatoms. The van der Waals surface area contributed by atoms with Crippen LogP contribution in [0, 0.1) is 29.4 Å². The van der Waals surface area contributed by atoms with Gasteiger partial charge in [-0.2, -0.15) is 4.39 Å². The van der Waals surface area contributed by atoms with Crippen LogP contribution in [0.3, 0.4) is 0 Å². The van der Waals surface area contributed by atoms with Gasteiger partial charge in [-0.1, -0.05) is 52.0 Å². The van der Waals surface area contributed by atoms with Crippen LogP contribution in [0.2, 0.25) is 0 Å². The smallest absolute Gasteiger partial charge is 0.200 e. The van der Waals surface area contributed by atoms with Crippen LogP contribution in [-0.4, -0.2) is 6.61 Å². The zero-order valence-electron chi connectivity index (χ0n) is 17.8. The number of unbranched alkanes of at least 4 members (excludes halogenated alkanes) is 1. The molecule has 2 aliphatic rings. The van der Waals surface area contributed by atoms with Crippen LogP contribution in [0.5, 0.6) is 5.75 Å². The molecule has 158 valence electrons. The minimum absolute atomic E-state index is 0.0622. The van der Waals surface area contributed by atoms with E-state index in [0.717, 1.165) is 43.4 Å². The van der Waals surface area contributed by atoms with E-state index in [4.69, 9.17) is 4.74 Å². The Bertz CT molecular complexity index is 599. The molecule has 0 heterocycles. The van der Waals surface area contributed by atoms with Gasteiger partial charge in [-0.25, -0.2) is 4.39 Å². The van der Waals surface area contributed by atoms with Crippen molar-refractivity contribution in [2.24, 2.45) is 17.8 Å². The van der Waals surface area contributed by atoms with Crippen molar-refractivity contribution in [3.05, 3.63) is 29.3 Å². The molecular formula is C25H38F2O. The Morgan fingerprint density at radius 1 is 0.821 bits per heavy atom. The molecule has 3 rings (SSSR count). The lowest BCUT2D eigenvalue weighted by molar-refractivity contribution is 0.155. The largest absolute Gasteiger partial charge is 0.490 e. The van der Waals surface area contributed by atoms with Crippen molar-refractivity contribution in [1.29, 1.82) is 0 Å². The van der Waals surface area contributed by atoms with Crippen LogP contribution in [0.1, 0.15) is 102 Å². The SMILES string of the molecule is CCCCOc1ccc(C2CCC(C3CCC(CCC)CC3)CC2)c(F)c1F. The van der Waals surface area contributed by atoms with Crippen molar-refractivity contribution in [3.8, 4) is 5.75 Å². The molecule has 28 heavy (non-hydrogen) atoms. The molecule has 0 bridgehead atoms. The van der Waals surface area contributed by atoms with E-state index < -0.39 is 11.6 Å². The van der Waals surface area contributed by atoms with Crippen molar-refractivity contribution >= 4 is 0 Å². The highest BCUT2D eigenvalue weighted by Crippen LogP contribution is 2.45. The first-order chi connectivity index (χ1) is 13.6. The van der Waals surface area contributed by atoms with Crippen LogP contribution >= 0.6 is 0 Å². The molecule has 0 unspecified atom stereocenters. The number of benzene rings is 1. The zero-order chi connectivity index (χ0) is 19.9. The number of hydrogen-bond donors (Lipinski definition) is 0. The average molecular weight is 393 g/mol. The van der Waals surface area contributed by atoms with Gasteiger partial charge < -0.3 is 4.74 Å². The van der Waals surface area contributed by atoms with Gasteiger partial charge in [0.25, 0.3) is 0 Å². The molecule has 1 nitrogen and oxygen atoms in total. The van der Waals surface area contributed by atoms with E-state index >= 15 is 0 Å². The summed E-state index contributed by atoms with van der Waals surface area (Å²) in [6.07, 6.45) is 14.4. The second kappa shape index (κ2) is 10.6. The summed E-state index contributed by atoms with van der Waals surface area (Å²) in [5, 5.41) is 0. The number of ether oxygens (including phenoxy) is 1. The monoisotopic (exact) mass is 392 g/mol. The van der Waals surface area contributed by atoms with Gasteiger partial charge in [0.2, 0.25) is 5.82 Å². The Kier molecular flexibility index (Phi) is 8.17. The molecule has 0 aromatic heterocycles. The van der Waals surface area contributed by atoms with E-state index in [-0.39, 0.29) is 11.7 Å². The number of rotatable bonds is 8. The summed E-state index contributed by atoms with van der Waals surface area (Å²) in [7, 11) is 0. The maximum atomic E-state index is 14.7. The van der Waals surface area contributed by atoms with E-state index in [1.807, 2.05) is 0 Å². The highest BCUT2D eigenvalue weighted by molar-refractivity contribution is 5.33. The minimum atomic E-state index is -0.801. The van der Waals surface area contributed by atoms with Crippen LogP contribution < -0.4 is 4.74 Å². The molecule has 1 aromatic rings. The quantitative estimate of drug-likeness (QED) is 0.407. The summed E-state index contributed by atoms with van der Waals surface area (Å²) in [4.78, 5) is 0. The Morgan fingerprint density at radius 2 is 1.46 bits per heavy atom. The molecule has 0 radical (unpaired) electrons. The molecule has 1 aromatic carbocycles. The van der Waals surface area contributed by atoms with Gasteiger partial charge in [0.05, 0.1) is 6.61 Å². The first-order valence-corrected chi connectivity index (χ1v) is 11.7. The first-order valence-electron chi connectivity index (χ1n) is 11.7. The molecule has 0 atom stereocenters. The fourth-order valence-electron chi connectivity index (χ4n) is 5.56. The molecule has 0 amide bonds. The van der Waals surface area contributed by atoms with E-state index in [1.54, 1.807) is 12.1 Å². The molecule has 2 fully saturated rings. The van der Waals surface area contributed by atoms with Crippen molar-refractivity contribution in [3.63, 3.8) is 0 Å². The van der Waals surface area contributed by atoms with Crippen molar-refractivity contribution in [1.82, 2.24) is 0 Å². The highest BCUT2D eigenvalue weighted by atomic mass is 19.2. The Hall–Kier alpha value is -1.12. The minimum Gasteiger partial charge on any atom is -0.490 e. The van der Waals surface area contributed by atoms with E-state index in [1.165, 1.54) is 51.4 Å². The molecule has 0 saturated heterocycles. The van der Waals surface area contributed by atoms with Gasteiger partial charge in [-0.05, 0) is 80.2 Å². The predicted molar refractivity (Wildman–Crippen MR) is 112 cm³/mol. The Morgan fingerprint density at radius 3 is 2.07 bits per heavy atom. The third-order valence-corrected chi connectivity index (χ3v) is 7.30. The van der Waals surface area contributed by atoms with Crippen LogP contribution in [-0.2, 0) is 0 Å². The zero-order valence-corrected chi connectivity index (χ0v) is 17.8. The second-order valence-corrected chi connectivity index (χ2v) is 9.16. The van der Waals surface area contributed by atoms with Crippen LogP contribution in [0.4, 0.5) is 8.78 Å². The van der Waals surface area contributed by atoms with E-state index in [2.05, 4.69) is 13.8 Å². The third-order valence-electron chi connectivity index (χ3n) is 7.30. The highest BCUT2D eigenvalue weighted by Gasteiger charge is 2.32. The third kappa shape index (κ3) is 5.27. The molecule has 2 aliphatic carbocycles. The van der Waals surface area contributed by atoms with Crippen LogP contribution in [0.25, 0.3) is 0 Å². The molecule has 0 spiro atoms. The van der Waals surface area contributed by atoms with Gasteiger partial charge in [0, 0.05) is 0 Å². The fraction of sp³-hybridized carbons (Fsp3) is 0.760. The number of halogens is 2. The van der Waals surface area contributed by atoms with Gasteiger partial charge in [-0.3, -0.25) is 0 Å². The lowest BCUT2D eigenvalue weighted by atomic mass is 9.68. The lowest BCUT2D eigenvalue weighted by Crippen LogP contribution is -2.25. The maximum absolute atomic E-state index is 14.7. The number of hydrogen-bond acceptors (Lipinski definition) is 1. The summed E-state index contributed by atoms with van der Waals surface area (Å²) in [6, 6.07) is 3.39. The Balaban J connectivity index is 1.53. The topological polar surface area (TPSA) is 9.23 Å². The molecular weight excluding hydrogens is 354 g/mol. The molecule has 2 saturated carbocycles. The summed E-state index contributed by atoms with van der Waals surface area (Å²) in [5.41, 5.74) is 0.561. The average Bonchev–Trinajstić information content (AvgIpc) is 2.72. The predicted octanol–water partition coefficient (Wildman–Crippen LogP) is 8.02. The maximum Gasteiger partial charge on any atom is 0.200 e. The standard InChI is InChI=1S/C25H38F2O/c1-3-5-17-28-23-16-15-22(24(26)25(23)27)21-13-11-20(12-14-21)19-9-7-18(6-4-2)8-10-19/h15-16,18-21H,3-14,17H2,1-2H3. The first kappa shape index (κ1) is 21.6. The van der Waals surface area contributed by atoms with Gasteiger partial charge in [0.15, 0.2) is 11.6 Å².